The fourth-order valence-electron chi connectivity index (χ4n) is 3.48. The van der Waals surface area contributed by atoms with Gasteiger partial charge in [0, 0.05) is 56.4 Å². The van der Waals surface area contributed by atoms with Crippen LogP contribution in [0.2, 0.25) is 0 Å². The lowest BCUT2D eigenvalue weighted by Crippen LogP contribution is -2.46. The summed E-state index contributed by atoms with van der Waals surface area (Å²) >= 11 is 0. The van der Waals surface area contributed by atoms with Crippen molar-refractivity contribution in [2.75, 3.05) is 31.1 Å². The monoisotopic (exact) mass is 295 g/mol. The van der Waals surface area contributed by atoms with Crippen molar-refractivity contribution in [1.82, 2.24) is 19.9 Å². The number of anilines is 1. The smallest absolute Gasteiger partial charge is 0.135 e. The van der Waals surface area contributed by atoms with Crippen LogP contribution in [-0.2, 0) is 19.4 Å². The van der Waals surface area contributed by atoms with Gasteiger partial charge in [0.1, 0.15) is 12.1 Å². The van der Waals surface area contributed by atoms with Gasteiger partial charge in [-0.3, -0.25) is 9.88 Å². The van der Waals surface area contributed by atoms with E-state index >= 15 is 0 Å². The van der Waals surface area contributed by atoms with Crippen LogP contribution in [0, 0.1) is 0 Å². The Bertz CT molecular complexity index is 635. The molecule has 22 heavy (non-hydrogen) atoms. The van der Waals surface area contributed by atoms with Crippen molar-refractivity contribution in [3.63, 3.8) is 0 Å². The molecule has 0 amide bonds. The average Bonchev–Trinajstić information content (AvgIpc) is 3.05. The van der Waals surface area contributed by atoms with Crippen LogP contribution in [0.4, 0.5) is 5.82 Å². The molecule has 0 spiro atoms. The summed E-state index contributed by atoms with van der Waals surface area (Å²) in [5, 5.41) is 0. The van der Waals surface area contributed by atoms with E-state index in [4.69, 9.17) is 0 Å². The van der Waals surface area contributed by atoms with E-state index < -0.39 is 0 Å². The van der Waals surface area contributed by atoms with Crippen LogP contribution in [0.15, 0.2) is 30.9 Å². The Morgan fingerprint density at radius 2 is 1.95 bits per heavy atom. The standard InChI is InChI=1S/C17H21N5/c1-4-15-16(5-1)19-13-20-17(15)22-9-7-21(8-10-22)12-14-3-2-6-18-11-14/h2-3,6,11,13H,1,4-5,7-10,12H2. The zero-order valence-electron chi connectivity index (χ0n) is 12.8. The van der Waals surface area contributed by atoms with Crippen LogP contribution in [0.3, 0.4) is 0 Å². The highest BCUT2D eigenvalue weighted by atomic mass is 15.3. The molecule has 0 saturated carbocycles. The zero-order chi connectivity index (χ0) is 14.8. The molecule has 1 aliphatic heterocycles. The topological polar surface area (TPSA) is 45.2 Å². The van der Waals surface area contributed by atoms with Crippen molar-refractivity contribution in [1.29, 1.82) is 0 Å². The Morgan fingerprint density at radius 1 is 1.05 bits per heavy atom. The number of nitrogens with zero attached hydrogens (tertiary/aromatic N) is 5. The van der Waals surface area contributed by atoms with Crippen molar-refractivity contribution >= 4 is 5.82 Å². The van der Waals surface area contributed by atoms with Crippen LogP contribution in [0.25, 0.3) is 0 Å². The molecule has 1 fully saturated rings. The van der Waals surface area contributed by atoms with E-state index in [1.54, 1.807) is 6.33 Å². The molecule has 2 aromatic heterocycles. The number of fused-ring (bicyclic) bond motifs is 1. The van der Waals surface area contributed by atoms with E-state index in [-0.39, 0.29) is 0 Å². The van der Waals surface area contributed by atoms with Crippen molar-refractivity contribution in [2.24, 2.45) is 0 Å². The Morgan fingerprint density at radius 3 is 2.77 bits per heavy atom. The van der Waals surface area contributed by atoms with Gasteiger partial charge >= 0.3 is 0 Å². The fourth-order valence-corrected chi connectivity index (χ4v) is 3.48. The third-order valence-electron chi connectivity index (χ3n) is 4.65. The predicted molar refractivity (Wildman–Crippen MR) is 85.8 cm³/mol. The molecule has 0 unspecified atom stereocenters. The molecule has 0 atom stereocenters. The summed E-state index contributed by atoms with van der Waals surface area (Å²) in [6, 6.07) is 4.16. The maximum atomic E-state index is 4.57. The first-order chi connectivity index (χ1) is 10.9. The molecule has 2 aromatic rings. The van der Waals surface area contributed by atoms with Crippen molar-refractivity contribution in [2.45, 2.75) is 25.8 Å². The second-order valence-corrected chi connectivity index (χ2v) is 6.10. The maximum Gasteiger partial charge on any atom is 0.135 e. The molecule has 5 nitrogen and oxygen atoms in total. The summed E-state index contributed by atoms with van der Waals surface area (Å²) in [5.74, 6) is 1.18. The number of hydrogen-bond donors (Lipinski definition) is 0. The average molecular weight is 295 g/mol. The Labute approximate surface area is 131 Å². The molecule has 0 radical (unpaired) electrons. The van der Waals surface area contributed by atoms with Crippen LogP contribution >= 0.6 is 0 Å². The Balaban J connectivity index is 1.41. The predicted octanol–water partition coefficient (Wildman–Crippen LogP) is 1.68. The summed E-state index contributed by atoms with van der Waals surface area (Å²) in [4.78, 5) is 18.1. The summed E-state index contributed by atoms with van der Waals surface area (Å²) in [5.41, 5.74) is 3.95. The first kappa shape index (κ1) is 13.6. The van der Waals surface area contributed by atoms with Gasteiger partial charge in [-0.2, -0.15) is 0 Å². The Hall–Kier alpha value is -2.01. The number of hydrogen-bond acceptors (Lipinski definition) is 5. The van der Waals surface area contributed by atoms with Crippen molar-refractivity contribution < 1.29 is 0 Å². The quantitative estimate of drug-likeness (QED) is 0.862. The van der Waals surface area contributed by atoms with Gasteiger partial charge in [0.2, 0.25) is 0 Å². The minimum absolute atomic E-state index is 0.990. The molecule has 3 heterocycles. The lowest BCUT2D eigenvalue weighted by molar-refractivity contribution is 0.249. The van der Waals surface area contributed by atoms with Gasteiger partial charge in [0.05, 0.1) is 0 Å². The molecular formula is C17H21N5. The van der Waals surface area contributed by atoms with E-state index in [9.17, 15) is 0 Å². The molecule has 0 N–H and O–H groups in total. The fraction of sp³-hybridized carbons (Fsp3) is 0.471. The lowest BCUT2D eigenvalue weighted by Gasteiger charge is -2.36. The third-order valence-corrected chi connectivity index (χ3v) is 4.65. The van der Waals surface area contributed by atoms with Gasteiger partial charge in [-0.1, -0.05) is 6.07 Å². The summed E-state index contributed by atoms with van der Waals surface area (Å²) < 4.78 is 0. The third kappa shape index (κ3) is 2.68. The molecule has 0 aromatic carbocycles. The van der Waals surface area contributed by atoms with E-state index in [1.807, 2.05) is 18.5 Å². The van der Waals surface area contributed by atoms with E-state index in [0.717, 1.165) is 45.6 Å². The van der Waals surface area contributed by atoms with Crippen LogP contribution < -0.4 is 4.90 Å². The summed E-state index contributed by atoms with van der Waals surface area (Å²) in [6.45, 7) is 5.23. The normalized spacial score (nSPS) is 18.5. The van der Waals surface area contributed by atoms with Gasteiger partial charge in [-0.25, -0.2) is 9.97 Å². The zero-order valence-corrected chi connectivity index (χ0v) is 12.8. The second-order valence-electron chi connectivity index (χ2n) is 6.10. The maximum absolute atomic E-state index is 4.57. The minimum Gasteiger partial charge on any atom is -0.354 e. The Kier molecular flexibility index (Phi) is 3.72. The van der Waals surface area contributed by atoms with Gasteiger partial charge < -0.3 is 4.90 Å². The molecule has 5 heteroatoms. The largest absolute Gasteiger partial charge is 0.354 e. The molecule has 2 aliphatic rings. The SMILES string of the molecule is c1cncc(CN2CCN(c3ncnc4c3CCC4)CC2)c1. The van der Waals surface area contributed by atoms with Crippen molar-refractivity contribution in [3.8, 4) is 0 Å². The van der Waals surface area contributed by atoms with Gasteiger partial charge in [-0.05, 0) is 30.9 Å². The lowest BCUT2D eigenvalue weighted by atomic mass is 10.2. The van der Waals surface area contributed by atoms with Crippen LogP contribution in [0.1, 0.15) is 23.2 Å². The molecule has 114 valence electrons. The number of rotatable bonds is 3. The highest BCUT2D eigenvalue weighted by molar-refractivity contribution is 5.50. The first-order valence-electron chi connectivity index (χ1n) is 8.09. The van der Waals surface area contributed by atoms with Crippen LogP contribution in [-0.4, -0.2) is 46.0 Å². The van der Waals surface area contributed by atoms with E-state index in [1.165, 1.54) is 29.1 Å². The first-order valence-corrected chi connectivity index (χ1v) is 8.09. The minimum atomic E-state index is 0.990. The van der Waals surface area contributed by atoms with Gasteiger partial charge in [-0.15, -0.1) is 0 Å². The molecule has 4 rings (SSSR count). The molecule has 1 aliphatic carbocycles. The summed E-state index contributed by atoms with van der Waals surface area (Å²) in [6.07, 6.45) is 9.01. The number of pyridine rings is 1. The molecule has 1 saturated heterocycles. The number of piperazine rings is 1. The molecular weight excluding hydrogens is 274 g/mol. The highest BCUT2D eigenvalue weighted by Gasteiger charge is 2.24. The van der Waals surface area contributed by atoms with E-state index in [0.29, 0.717) is 0 Å². The second kappa shape index (κ2) is 6.01. The number of aromatic nitrogens is 3. The van der Waals surface area contributed by atoms with Crippen LogP contribution in [0.5, 0.6) is 0 Å². The van der Waals surface area contributed by atoms with Crippen molar-refractivity contribution in [3.05, 3.63) is 47.7 Å². The summed E-state index contributed by atoms with van der Waals surface area (Å²) in [7, 11) is 0. The van der Waals surface area contributed by atoms with Gasteiger partial charge in [0.15, 0.2) is 0 Å². The van der Waals surface area contributed by atoms with Gasteiger partial charge in [0.25, 0.3) is 0 Å². The molecule has 0 bridgehead atoms. The van der Waals surface area contributed by atoms with E-state index in [2.05, 4.69) is 30.8 Å². The number of aryl methyl sites for hydroxylation is 1. The highest BCUT2D eigenvalue weighted by Crippen LogP contribution is 2.28.